The lowest BCUT2D eigenvalue weighted by molar-refractivity contribution is -0.136. The fraction of sp³-hybridized carbons (Fsp3) is 0.516. The smallest absolute Gasteiger partial charge is 0.256 e. The third kappa shape index (κ3) is 5.19. The van der Waals surface area contributed by atoms with E-state index in [1.165, 1.54) is 17.7 Å². The van der Waals surface area contributed by atoms with Crippen molar-refractivity contribution in [3.8, 4) is 5.69 Å². The van der Waals surface area contributed by atoms with Crippen LogP contribution in [0.25, 0.3) is 16.6 Å². The SMILES string of the molecule is CC(=O)N1CC([C@@H](C)N2CC[C@@H](Cc3cn(-c4ccc(F)cc4C(=O)N(C)C(C)C)c4cncc(C)c34)C2)C1. The predicted octanol–water partition coefficient (Wildman–Crippen LogP) is 4.68. The predicted molar refractivity (Wildman–Crippen MR) is 152 cm³/mol. The second-order valence-electron chi connectivity index (χ2n) is 11.8. The van der Waals surface area contributed by atoms with Crippen LogP contribution < -0.4 is 0 Å². The Morgan fingerprint density at radius 3 is 2.59 bits per heavy atom. The third-order valence-electron chi connectivity index (χ3n) is 8.96. The van der Waals surface area contributed by atoms with Crippen LogP contribution in [0, 0.1) is 24.6 Å². The average Bonchev–Trinajstić information content (AvgIpc) is 3.47. The zero-order valence-electron chi connectivity index (χ0n) is 23.9. The van der Waals surface area contributed by atoms with Crippen LogP contribution in [0.1, 0.15) is 55.6 Å². The van der Waals surface area contributed by atoms with Crippen LogP contribution in [-0.4, -0.2) is 81.4 Å². The molecule has 8 heteroatoms. The van der Waals surface area contributed by atoms with Crippen LogP contribution in [-0.2, 0) is 11.2 Å². The summed E-state index contributed by atoms with van der Waals surface area (Å²) in [6, 6.07) is 4.91. The van der Waals surface area contributed by atoms with Gasteiger partial charge < -0.3 is 14.4 Å². The first-order valence-corrected chi connectivity index (χ1v) is 14.1. The van der Waals surface area contributed by atoms with Crippen LogP contribution in [0.15, 0.2) is 36.8 Å². The molecule has 39 heavy (non-hydrogen) atoms. The molecule has 5 rings (SSSR count). The summed E-state index contributed by atoms with van der Waals surface area (Å²) in [4.78, 5) is 35.6. The van der Waals surface area contributed by atoms with Gasteiger partial charge in [-0.05, 0) is 82.3 Å². The summed E-state index contributed by atoms with van der Waals surface area (Å²) in [5.74, 6) is 0.596. The number of pyridine rings is 1. The van der Waals surface area contributed by atoms with Gasteiger partial charge in [0.05, 0.1) is 23.0 Å². The summed E-state index contributed by atoms with van der Waals surface area (Å²) in [6.07, 6.45) is 7.92. The van der Waals surface area contributed by atoms with Gasteiger partial charge in [0.2, 0.25) is 5.91 Å². The molecule has 0 bridgehead atoms. The van der Waals surface area contributed by atoms with Gasteiger partial charge in [-0.25, -0.2) is 4.39 Å². The molecule has 4 heterocycles. The van der Waals surface area contributed by atoms with E-state index in [9.17, 15) is 14.0 Å². The maximum atomic E-state index is 14.4. The highest BCUT2D eigenvalue weighted by molar-refractivity contribution is 5.99. The van der Waals surface area contributed by atoms with Crippen molar-refractivity contribution in [3.05, 3.63) is 59.3 Å². The molecule has 7 nitrogen and oxygen atoms in total. The van der Waals surface area contributed by atoms with Gasteiger partial charge >= 0.3 is 0 Å². The van der Waals surface area contributed by atoms with Crippen molar-refractivity contribution in [2.45, 2.75) is 59.5 Å². The van der Waals surface area contributed by atoms with Crippen molar-refractivity contribution < 1.29 is 14.0 Å². The quantitative estimate of drug-likeness (QED) is 0.442. The van der Waals surface area contributed by atoms with Crippen molar-refractivity contribution in [3.63, 3.8) is 0 Å². The Morgan fingerprint density at radius 1 is 1.15 bits per heavy atom. The number of hydrogen-bond donors (Lipinski definition) is 0. The first-order chi connectivity index (χ1) is 18.5. The maximum Gasteiger partial charge on any atom is 0.256 e. The van der Waals surface area contributed by atoms with E-state index >= 15 is 0 Å². The second-order valence-corrected chi connectivity index (χ2v) is 11.8. The molecule has 2 saturated heterocycles. The number of hydrogen-bond acceptors (Lipinski definition) is 4. The van der Waals surface area contributed by atoms with Gasteiger partial charge in [0.1, 0.15) is 5.82 Å². The lowest BCUT2D eigenvalue weighted by Crippen LogP contribution is -2.56. The number of rotatable bonds is 7. The van der Waals surface area contributed by atoms with Crippen LogP contribution >= 0.6 is 0 Å². The monoisotopic (exact) mass is 533 g/mol. The molecule has 0 unspecified atom stereocenters. The number of halogens is 1. The Labute approximate surface area is 230 Å². The number of likely N-dealkylation sites (tertiary alicyclic amines) is 2. The van der Waals surface area contributed by atoms with Gasteiger partial charge in [0.25, 0.3) is 5.91 Å². The molecule has 0 N–H and O–H groups in total. The molecular weight excluding hydrogens is 493 g/mol. The van der Waals surface area contributed by atoms with E-state index in [1.54, 1.807) is 24.9 Å². The van der Waals surface area contributed by atoms with Crippen LogP contribution in [0.3, 0.4) is 0 Å². The number of aromatic nitrogens is 2. The first-order valence-electron chi connectivity index (χ1n) is 14.1. The summed E-state index contributed by atoms with van der Waals surface area (Å²) in [5, 5.41) is 1.16. The average molecular weight is 534 g/mol. The Hall–Kier alpha value is -3.26. The van der Waals surface area contributed by atoms with E-state index in [1.807, 2.05) is 35.7 Å². The van der Waals surface area contributed by atoms with Gasteiger partial charge in [0.15, 0.2) is 0 Å². The van der Waals surface area contributed by atoms with Gasteiger partial charge in [-0.3, -0.25) is 19.5 Å². The van der Waals surface area contributed by atoms with Gasteiger partial charge in [-0.15, -0.1) is 0 Å². The highest BCUT2D eigenvalue weighted by Crippen LogP contribution is 2.34. The zero-order valence-corrected chi connectivity index (χ0v) is 23.9. The molecule has 2 atom stereocenters. The van der Waals surface area contributed by atoms with Crippen molar-refractivity contribution in [1.82, 2.24) is 24.3 Å². The summed E-state index contributed by atoms with van der Waals surface area (Å²) in [6.45, 7) is 13.7. The number of aryl methyl sites for hydroxylation is 1. The molecule has 1 aromatic carbocycles. The summed E-state index contributed by atoms with van der Waals surface area (Å²) < 4.78 is 16.4. The molecule has 0 saturated carbocycles. The minimum Gasteiger partial charge on any atom is -0.342 e. The summed E-state index contributed by atoms with van der Waals surface area (Å²) >= 11 is 0. The van der Waals surface area contributed by atoms with E-state index in [2.05, 4.69) is 29.9 Å². The molecule has 2 aromatic heterocycles. The largest absolute Gasteiger partial charge is 0.342 e. The minimum atomic E-state index is -0.428. The number of carbonyl (C=O) groups excluding carboxylic acids is 2. The molecule has 3 aromatic rings. The number of benzene rings is 1. The lowest BCUT2D eigenvalue weighted by atomic mass is 9.91. The second kappa shape index (κ2) is 10.7. The van der Waals surface area contributed by atoms with Crippen molar-refractivity contribution in [1.29, 1.82) is 0 Å². The molecule has 2 aliphatic heterocycles. The van der Waals surface area contributed by atoms with E-state index < -0.39 is 5.82 Å². The number of carbonyl (C=O) groups is 2. The van der Waals surface area contributed by atoms with Gasteiger partial charge in [0, 0.05) is 69.4 Å². The van der Waals surface area contributed by atoms with Crippen LogP contribution in [0.5, 0.6) is 0 Å². The van der Waals surface area contributed by atoms with E-state index in [4.69, 9.17) is 0 Å². The van der Waals surface area contributed by atoms with Crippen molar-refractivity contribution >= 4 is 22.7 Å². The number of nitrogens with zero attached hydrogens (tertiary/aromatic N) is 5. The molecule has 2 fully saturated rings. The standard InChI is InChI=1S/C31H40FN5O2/c1-19(2)34(6)31(39)27-12-26(32)7-8-28(27)37-18-24(30-20(3)13-33-14-29(30)37)11-23-9-10-35(15-23)21(4)25-16-36(17-25)22(5)38/h7-8,12-14,18-19,21,23,25H,9-11,15-17H2,1-6H3/t21-,23+/m1/s1. The summed E-state index contributed by atoms with van der Waals surface area (Å²) in [7, 11) is 1.75. The Bertz CT molecular complexity index is 1390. The fourth-order valence-corrected chi connectivity index (χ4v) is 6.19. The molecule has 0 radical (unpaired) electrons. The van der Waals surface area contributed by atoms with Crippen molar-refractivity contribution in [2.24, 2.45) is 11.8 Å². The van der Waals surface area contributed by atoms with Crippen LogP contribution in [0.4, 0.5) is 4.39 Å². The lowest BCUT2D eigenvalue weighted by Gasteiger charge is -2.44. The number of amides is 2. The van der Waals surface area contributed by atoms with Gasteiger partial charge in [-0.1, -0.05) is 0 Å². The summed E-state index contributed by atoms with van der Waals surface area (Å²) in [5.41, 5.74) is 4.27. The molecule has 0 spiro atoms. The highest BCUT2D eigenvalue weighted by Gasteiger charge is 2.37. The van der Waals surface area contributed by atoms with E-state index in [0.29, 0.717) is 29.1 Å². The maximum absolute atomic E-state index is 14.4. The molecular formula is C31H40FN5O2. The van der Waals surface area contributed by atoms with Crippen LogP contribution in [0.2, 0.25) is 0 Å². The molecule has 0 aliphatic carbocycles. The minimum absolute atomic E-state index is 0.00679. The highest BCUT2D eigenvalue weighted by atomic mass is 19.1. The Morgan fingerprint density at radius 2 is 1.90 bits per heavy atom. The van der Waals surface area contributed by atoms with E-state index in [0.717, 1.165) is 55.5 Å². The Kier molecular flexibility index (Phi) is 7.51. The third-order valence-corrected chi connectivity index (χ3v) is 8.96. The van der Waals surface area contributed by atoms with Crippen molar-refractivity contribution in [2.75, 3.05) is 33.2 Å². The molecule has 2 amide bonds. The van der Waals surface area contributed by atoms with Gasteiger partial charge in [-0.2, -0.15) is 0 Å². The molecule has 2 aliphatic rings. The first kappa shape index (κ1) is 27.3. The zero-order chi connectivity index (χ0) is 28.0. The topological polar surface area (TPSA) is 61.7 Å². The fourth-order valence-electron chi connectivity index (χ4n) is 6.19. The normalized spacial score (nSPS) is 19.1. The number of fused-ring (bicyclic) bond motifs is 1. The van der Waals surface area contributed by atoms with E-state index in [-0.39, 0.29) is 17.9 Å². The Balaban J connectivity index is 1.42. The molecule has 208 valence electrons.